The van der Waals surface area contributed by atoms with Gasteiger partial charge in [0.1, 0.15) is 18.0 Å². The highest BCUT2D eigenvalue weighted by Crippen LogP contribution is 2.35. The number of hydrogen-bond acceptors (Lipinski definition) is 8. The zero-order valence-electron chi connectivity index (χ0n) is 16.2. The van der Waals surface area contributed by atoms with Crippen molar-refractivity contribution < 1.29 is 14.2 Å². The van der Waals surface area contributed by atoms with Crippen molar-refractivity contribution in [2.45, 2.75) is 38.3 Å². The molecule has 0 amide bonds. The molecule has 0 radical (unpaired) electrons. The van der Waals surface area contributed by atoms with Crippen molar-refractivity contribution in [3.63, 3.8) is 0 Å². The smallest absolute Gasteiger partial charge is 0.330 e. The fourth-order valence-electron chi connectivity index (χ4n) is 3.45. The fourth-order valence-corrected chi connectivity index (χ4v) is 3.45. The molecule has 14 heteroatoms. The van der Waals surface area contributed by atoms with Crippen LogP contribution in [0.4, 0.5) is 4.39 Å². The molecule has 3 atom stereocenters. The lowest BCUT2D eigenvalue weighted by molar-refractivity contribution is -0.0323. The van der Waals surface area contributed by atoms with E-state index in [1.54, 1.807) is 6.92 Å². The lowest BCUT2D eigenvalue weighted by Crippen LogP contribution is -2.33. The van der Waals surface area contributed by atoms with Gasteiger partial charge in [-0.25, -0.2) is 14.3 Å². The predicted octanol–water partition coefficient (Wildman–Crippen LogP) is -2.00. The second-order valence-electron chi connectivity index (χ2n) is 7.15. The molecule has 3 aromatic rings. The molecular formula is C17H18FN7O6. The third-order valence-electron chi connectivity index (χ3n) is 5.04. The lowest BCUT2D eigenvalue weighted by Gasteiger charge is -2.15. The van der Waals surface area contributed by atoms with Crippen LogP contribution in [0.1, 0.15) is 29.9 Å². The van der Waals surface area contributed by atoms with Crippen LogP contribution < -0.4 is 22.5 Å². The molecule has 1 aliphatic heterocycles. The Labute approximate surface area is 171 Å². The average Bonchev–Trinajstić information content (AvgIpc) is 3.35. The minimum Gasteiger partial charge on any atom is -0.394 e. The SMILES string of the molecule is Cc1cn([C@H]2C[C@H](n3cc(Cn4cc(F)c(=O)[nH]c4=O)nn3)[C@@H](CO)O2)c(=O)[nH]c1=O. The van der Waals surface area contributed by atoms with Gasteiger partial charge in [0.05, 0.1) is 31.6 Å². The van der Waals surface area contributed by atoms with Crippen molar-refractivity contribution in [3.05, 3.63) is 77.3 Å². The number of aliphatic hydroxyl groups excluding tert-OH is 1. The van der Waals surface area contributed by atoms with Gasteiger partial charge < -0.3 is 9.84 Å². The topological polar surface area (TPSA) is 170 Å². The molecule has 4 rings (SSSR count). The van der Waals surface area contributed by atoms with E-state index in [9.17, 15) is 28.7 Å². The molecule has 1 aliphatic rings. The van der Waals surface area contributed by atoms with Crippen molar-refractivity contribution >= 4 is 0 Å². The molecule has 31 heavy (non-hydrogen) atoms. The Morgan fingerprint density at radius 3 is 2.65 bits per heavy atom. The minimum atomic E-state index is -1.11. The quantitative estimate of drug-likeness (QED) is 0.413. The van der Waals surface area contributed by atoms with Gasteiger partial charge in [-0.3, -0.25) is 28.7 Å². The van der Waals surface area contributed by atoms with Gasteiger partial charge in [-0.2, -0.15) is 4.39 Å². The van der Waals surface area contributed by atoms with E-state index in [-0.39, 0.29) is 19.6 Å². The van der Waals surface area contributed by atoms with Crippen molar-refractivity contribution in [3.8, 4) is 0 Å². The number of aliphatic hydroxyl groups is 1. The van der Waals surface area contributed by atoms with E-state index >= 15 is 0 Å². The molecule has 3 N–H and O–H groups in total. The highest BCUT2D eigenvalue weighted by molar-refractivity contribution is 5.03. The van der Waals surface area contributed by atoms with Crippen LogP contribution in [0.25, 0.3) is 0 Å². The molecule has 0 aromatic carbocycles. The molecule has 0 bridgehead atoms. The number of rotatable bonds is 5. The number of hydrogen-bond donors (Lipinski definition) is 3. The molecule has 3 aromatic heterocycles. The molecule has 0 aliphatic carbocycles. The van der Waals surface area contributed by atoms with Crippen LogP contribution in [0.2, 0.25) is 0 Å². The first kappa shape index (κ1) is 20.6. The van der Waals surface area contributed by atoms with Gasteiger partial charge in [0, 0.05) is 18.2 Å². The van der Waals surface area contributed by atoms with E-state index in [1.165, 1.54) is 21.6 Å². The number of H-pyrrole nitrogens is 2. The van der Waals surface area contributed by atoms with Crippen LogP contribution in [0, 0.1) is 12.7 Å². The molecule has 13 nitrogen and oxygen atoms in total. The summed E-state index contributed by atoms with van der Waals surface area (Å²) in [5, 5.41) is 17.7. The van der Waals surface area contributed by atoms with Crippen LogP contribution in [-0.4, -0.2) is 51.9 Å². The van der Waals surface area contributed by atoms with Gasteiger partial charge in [0.2, 0.25) is 5.82 Å². The minimum absolute atomic E-state index is 0.147. The van der Waals surface area contributed by atoms with E-state index in [4.69, 9.17) is 4.74 Å². The van der Waals surface area contributed by atoms with Crippen LogP contribution in [0.15, 0.2) is 37.8 Å². The summed E-state index contributed by atoms with van der Waals surface area (Å²) in [7, 11) is 0. The predicted molar refractivity (Wildman–Crippen MR) is 101 cm³/mol. The molecule has 1 fully saturated rings. The normalized spacial score (nSPS) is 20.9. The van der Waals surface area contributed by atoms with E-state index in [0.29, 0.717) is 11.3 Å². The van der Waals surface area contributed by atoms with Gasteiger partial charge in [0.25, 0.3) is 11.1 Å². The summed E-state index contributed by atoms with van der Waals surface area (Å²) in [4.78, 5) is 50.8. The average molecular weight is 435 g/mol. The summed E-state index contributed by atoms with van der Waals surface area (Å²) in [5.41, 5.74) is -2.43. The Hall–Kier alpha value is -3.65. The maximum absolute atomic E-state index is 13.5. The van der Waals surface area contributed by atoms with E-state index in [0.717, 1.165) is 10.8 Å². The van der Waals surface area contributed by atoms with Crippen LogP contribution in [0.3, 0.4) is 0 Å². The first-order valence-electron chi connectivity index (χ1n) is 9.25. The zero-order chi connectivity index (χ0) is 22.3. The number of aromatic nitrogens is 7. The Bertz CT molecular complexity index is 1350. The lowest BCUT2D eigenvalue weighted by atomic mass is 10.1. The van der Waals surface area contributed by atoms with Gasteiger partial charge >= 0.3 is 11.4 Å². The first-order valence-corrected chi connectivity index (χ1v) is 9.25. The third-order valence-corrected chi connectivity index (χ3v) is 5.04. The summed E-state index contributed by atoms with van der Waals surface area (Å²) in [6, 6.07) is -0.501. The molecule has 1 saturated heterocycles. The van der Waals surface area contributed by atoms with Gasteiger partial charge in [-0.15, -0.1) is 5.10 Å². The molecule has 0 saturated carbocycles. The maximum Gasteiger partial charge on any atom is 0.330 e. The Morgan fingerprint density at radius 1 is 1.16 bits per heavy atom. The molecule has 0 unspecified atom stereocenters. The Morgan fingerprint density at radius 2 is 1.90 bits per heavy atom. The van der Waals surface area contributed by atoms with Crippen LogP contribution in [-0.2, 0) is 11.3 Å². The Kier molecular flexibility index (Phi) is 5.24. The highest BCUT2D eigenvalue weighted by Gasteiger charge is 2.38. The van der Waals surface area contributed by atoms with Crippen LogP contribution >= 0.6 is 0 Å². The summed E-state index contributed by atoms with van der Waals surface area (Å²) < 4.78 is 22.8. The third kappa shape index (κ3) is 3.89. The zero-order valence-corrected chi connectivity index (χ0v) is 16.2. The monoisotopic (exact) mass is 435 g/mol. The van der Waals surface area contributed by atoms with Crippen molar-refractivity contribution in [2.75, 3.05) is 6.61 Å². The number of ether oxygens (including phenoxy) is 1. The fraction of sp³-hybridized carbons (Fsp3) is 0.412. The number of aryl methyl sites for hydroxylation is 1. The Balaban J connectivity index is 1.58. The summed E-state index contributed by atoms with van der Waals surface area (Å²) in [5.74, 6) is -1.11. The number of nitrogens with zero attached hydrogens (tertiary/aromatic N) is 5. The second kappa shape index (κ2) is 7.88. The van der Waals surface area contributed by atoms with Gasteiger partial charge in [-0.05, 0) is 6.92 Å². The molecule has 164 valence electrons. The van der Waals surface area contributed by atoms with Gasteiger partial charge in [0.15, 0.2) is 0 Å². The molecule has 0 spiro atoms. The number of halogens is 1. The van der Waals surface area contributed by atoms with Crippen LogP contribution in [0.5, 0.6) is 0 Å². The van der Waals surface area contributed by atoms with Crippen molar-refractivity contribution in [2.24, 2.45) is 0 Å². The van der Waals surface area contributed by atoms with Crippen molar-refractivity contribution in [1.29, 1.82) is 0 Å². The largest absolute Gasteiger partial charge is 0.394 e. The van der Waals surface area contributed by atoms with Crippen molar-refractivity contribution in [1.82, 2.24) is 34.1 Å². The first-order chi connectivity index (χ1) is 14.8. The maximum atomic E-state index is 13.5. The molecule has 4 heterocycles. The van der Waals surface area contributed by atoms with E-state index in [1.807, 2.05) is 4.98 Å². The number of aromatic amines is 2. The standard InChI is InChI=1S/C17H18FN7O6/c1-8-3-24(17(30)19-14(8)27)13-2-11(12(7-26)31-13)25-5-9(21-22-25)4-23-6-10(18)15(28)20-16(23)29/h3,5-6,11-13,26H,2,4,7H2,1H3,(H,19,27,30)(H,20,28,29)/t11-,12+,13+/m0/s1. The van der Waals surface area contributed by atoms with E-state index < -0.39 is 46.7 Å². The second-order valence-corrected chi connectivity index (χ2v) is 7.15. The van der Waals surface area contributed by atoms with E-state index in [2.05, 4.69) is 15.3 Å². The summed E-state index contributed by atoms with van der Waals surface area (Å²) in [6.07, 6.45) is 2.42. The highest BCUT2D eigenvalue weighted by atomic mass is 19.1. The molecular weight excluding hydrogens is 417 g/mol. The summed E-state index contributed by atoms with van der Waals surface area (Å²) in [6.45, 7) is 1.04. The summed E-state index contributed by atoms with van der Waals surface area (Å²) >= 11 is 0. The van der Waals surface area contributed by atoms with Gasteiger partial charge in [-0.1, -0.05) is 5.21 Å². The number of nitrogens with one attached hydrogen (secondary N) is 2.